The van der Waals surface area contributed by atoms with Crippen molar-refractivity contribution >= 4 is 17.3 Å². The fourth-order valence-corrected chi connectivity index (χ4v) is 2.02. The Morgan fingerprint density at radius 1 is 1.29 bits per heavy atom. The molecule has 4 N–H and O–H groups in total. The number of nitrogen functional groups attached to an aromatic ring is 1. The number of phenols is 1. The van der Waals surface area contributed by atoms with Gasteiger partial charge < -0.3 is 16.2 Å². The zero-order valence-electron chi connectivity index (χ0n) is 11.6. The van der Waals surface area contributed by atoms with Crippen molar-refractivity contribution in [1.82, 2.24) is 0 Å². The maximum absolute atomic E-state index is 13.2. The zero-order valence-corrected chi connectivity index (χ0v) is 11.6. The molecule has 2 aromatic carbocycles. The van der Waals surface area contributed by atoms with Crippen molar-refractivity contribution in [2.24, 2.45) is 0 Å². The maximum Gasteiger partial charge on any atom is 0.224 e. The molecule has 1 atom stereocenters. The number of nitrogens with one attached hydrogen (secondary N) is 1. The van der Waals surface area contributed by atoms with Crippen LogP contribution in [0.25, 0.3) is 0 Å². The maximum atomic E-state index is 13.2. The summed E-state index contributed by atoms with van der Waals surface area (Å²) in [5.74, 6) is -1.40. The fraction of sp³-hybridized carbons (Fsp3) is 0.188. The number of nitrogens with two attached hydrogens (primary N) is 1. The number of phenolic OH excluding ortho intramolecular Hbond substituents is 1. The first-order valence-corrected chi connectivity index (χ1v) is 6.59. The van der Waals surface area contributed by atoms with Gasteiger partial charge in [0, 0.05) is 23.9 Å². The quantitative estimate of drug-likeness (QED) is 0.597. The molecule has 0 heterocycles. The first-order chi connectivity index (χ1) is 9.95. The number of aromatic hydroxyl groups is 1. The molecule has 0 saturated heterocycles. The average molecular weight is 288 g/mol. The Balaban J connectivity index is 1.97. The molecule has 0 aromatic heterocycles. The molecule has 2 aromatic rings. The van der Waals surface area contributed by atoms with Crippen LogP contribution in [0.5, 0.6) is 5.75 Å². The number of halogens is 1. The zero-order chi connectivity index (χ0) is 15.4. The number of carbonyl (C=O) groups excluding carboxylic acids is 1. The lowest BCUT2D eigenvalue weighted by Gasteiger charge is -2.12. The van der Waals surface area contributed by atoms with Gasteiger partial charge in [0.15, 0.2) is 11.6 Å². The van der Waals surface area contributed by atoms with Crippen molar-refractivity contribution in [2.75, 3.05) is 11.1 Å². The summed E-state index contributed by atoms with van der Waals surface area (Å²) in [5, 5.41) is 11.7. The minimum atomic E-state index is -0.764. The lowest BCUT2D eigenvalue weighted by atomic mass is 9.97. The number of benzene rings is 2. The first-order valence-electron chi connectivity index (χ1n) is 6.59. The topological polar surface area (TPSA) is 75.3 Å². The highest BCUT2D eigenvalue weighted by molar-refractivity contribution is 5.91. The van der Waals surface area contributed by atoms with Crippen LogP contribution >= 0.6 is 0 Å². The van der Waals surface area contributed by atoms with Crippen LogP contribution in [-0.2, 0) is 4.79 Å². The summed E-state index contributed by atoms with van der Waals surface area (Å²) in [6.07, 6.45) is 0.270. The number of amides is 1. The lowest BCUT2D eigenvalue weighted by Crippen LogP contribution is -2.14. The molecule has 0 aliphatic rings. The molecule has 0 radical (unpaired) electrons. The predicted molar refractivity (Wildman–Crippen MR) is 80.6 cm³/mol. The molecule has 0 bridgehead atoms. The Hall–Kier alpha value is -2.56. The highest BCUT2D eigenvalue weighted by Crippen LogP contribution is 2.22. The minimum Gasteiger partial charge on any atom is -0.505 e. The first kappa shape index (κ1) is 14.8. The van der Waals surface area contributed by atoms with Crippen molar-refractivity contribution in [1.29, 1.82) is 0 Å². The molecule has 0 aliphatic heterocycles. The summed E-state index contributed by atoms with van der Waals surface area (Å²) in [6, 6.07) is 11.1. The van der Waals surface area contributed by atoms with E-state index < -0.39 is 11.6 Å². The third kappa shape index (κ3) is 3.95. The third-order valence-electron chi connectivity index (χ3n) is 3.23. The van der Waals surface area contributed by atoms with Gasteiger partial charge in [-0.1, -0.05) is 19.1 Å². The highest BCUT2D eigenvalue weighted by atomic mass is 19.1. The molecule has 5 heteroatoms. The van der Waals surface area contributed by atoms with Gasteiger partial charge in [0.2, 0.25) is 5.91 Å². The van der Waals surface area contributed by atoms with Gasteiger partial charge in [-0.15, -0.1) is 0 Å². The summed E-state index contributed by atoms with van der Waals surface area (Å²) in [7, 11) is 0. The summed E-state index contributed by atoms with van der Waals surface area (Å²) in [5.41, 5.74) is 7.63. The van der Waals surface area contributed by atoms with E-state index in [0.29, 0.717) is 11.4 Å². The van der Waals surface area contributed by atoms with Crippen LogP contribution in [0.3, 0.4) is 0 Å². The second-order valence-electron chi connectivity index (χ2n) is 4.99. The Morgan fingerprint density at radius 2 is 1.95 bits per heavy atom. The van der Waals surface area contributed by atoms with E-state index in [4.69, 9.17) is 10.8 Å². The smallest absolute Gasteiger partial charge is 0.224 e. The van der Waals surface area contributed by atoms with E-state index in [2.05, 4.69) is 5.32 Å². The van der Waals surface area contributed by atoms with E-state index in [0.717, 1.165) is 11.6 Å². The second-order valence-corrected chi connectivity index (χ2v) is 4.99. The minimum absolute atomic E-state index is 0.0209. The molecule has 4 nitrogen and oxygen atoms in total. The molecule has 1 amide bonds. The summed E-state index contributed by atoms with van der Waals surface area (Å²) < 4.78 is 13.2. The molecule has 110 valence electrons. The van der Waals surface area contributed by atoms with Crippen LogP contribution in [0.1, 0.15) is 24.8 Å². The monoisotopic (exact) mass is 288 g/mol. The van der Waals surface area contributed by atoms with Gasteiger partial charge in [0.05, 0.1) is 0 Å². The normalized spacial score (nSPS) is 11.9. The SMILES string of the molecule is CC(CC(=O)Nc1ccc(O)c(F)c1)c1ccc(N)cc1. The van der Waals surface area contributed by atoms with Gasteiger partial charge in [0.1, 0.15) is 0 Å². The second kappa shape index (κ2) is 6.26. The van der Waals surface area contributed by atoms with Crippen molar-refractivity contribution in [3.05, 3.63) is 53.8 Å². The van der Waals surface area contributed by atoms with Gasteiger partial charge in [0.25, 0.3) is 0 Å². The number of rotatable bonds is 4. The molecule has 2 rings (SSSR count). The molecular weight excluding hydrogens is 271 g/mol. The molecule has 0 fully saturated rings. The number of anilines is 2. The van der Waals surface area contributed by atoms with Crippen LogP contribution < -0.4 is 11.1 Å². The molecule has 0 spiro atoms. The Morgan fingerprint density at radius 3 is 2.57 bits per heavy atom. The van der Waals surface area contributed by atoms with E-state index in [9.17, 15) is 9.18 Å². The lowest BCUT2D eigenvalue weighted by molar-refractivity contribution is -0.116. The Labute approximate surface area is 122 Å². The Kier molecular flexibility index (Phi) is 4.42. The average Bonchev–Trinajstić information content (AvgIpc) is 2.43. The largest absolute Gasteiger partial charge is 0.505 e. The predicted octanol–water partition coefficient (Wildman–Crippen LogP) is 3.25. The van der Waals surface area contributed by atoms with Gasteiger partial charge in [-0.05, 0) is 35.7 Å². The highest BCUT2D eigenvalue weighted by Gasteiger charge is 2.12. The summed E-state index contributed by atoms with van der Waals surface area (Å²) in [4.78, 5) is 11.9. The van der Waals surface area contributed by atoms with E-state index in [1.165, 1.54) is 12.1 Å². The van der Waals surface area contributed by atoms with Gasteiger partial charge in [-0.3, -0.25) is 4.79 Å². The van der Waals surface area contributed by atoms with E-state index in [1.54, 1.807) is 12.1 Å². The van der Waals surface area contributed by atoms with Crippen LogP contribution in [0.15, 0.2) is 42.5 Å². The summed E-state index contributed by atoms with van der Waals surface area (Å²) in [6.45, 7) is 1.93. The van der Waals surface area contributed by atoms with Gasteiger partial charge >= 0.3 is 0 Å². The van der Waals surface area contributed by atoms with Crippen molar-refractivity contribution in [3.8, 4) is 5.75 Å². The number of hydrogen-bond acceptors (Lipinski definition) is 3. The summed E-state index contributed by atoms with van der Waals surface area (Å²) >= 11 is 0. The number of carbonyl (C=O) groups is 1. The third-order valence-corrected chi connectivity index (χ3v) is 3.23. The van der Waals surface area contributed by atoms with E-state index in [-0.39, 0.29) is 18.2 Å². The number of hydrogen-bond donors (Lipinski definition) is 3. The Bertz CT molecular complexity index is 641. The van der Waals surface area contributed by atoms with E-state index >= 15 is 0 Å². The van der Waals surface area contributed by atoms with Crippen molar-refractivity contribution in [2.45, 2.75) is 19.3 Å². The molecule has 0 aliphatic carbocycles. The molecule has 1 unspecified atom stereocenters. The molecule has 21 heavy (non-hydrogen) atoms. The van der Waals surface area contributed by atoms with Crippen LogP contribution in [0.2, 0.25) is 0 Å². The van der Waals surface area contributed by atoms with Crippen molar-refractivity contribution < 1.29 is 14.3 Å². The molecule has 0 saturated carbocycles. The van der Waals surface area contributed by atoms with Crippen LogP contribution in [0, 0.1) is 5.82 Å². The van der Waals surface area contributed by atoms with E-state index in [1.807, 2.05) is 19.1 Å². The van der Waals surface area contributed by atoms with Crippen molar-refractivity contribution in [3.63, 3.8) is 0 Å². The van der Waals surface area contributed by atoms with Crippen LogP contribution in [-0.4, -0.2) is 11.0 Å². The van der Waals surface area contributed by atoms with Gasteiger partial charge in [-0.2, -0.15) is 0 Å². The standard InChI is InChI=1S/C16H17FN2O2/c1-10(11-2-4-12(18)5-3-11)8-16(21)19-13-6-7-15(20)14(17)9-13/h2-7,9-10,20H,8,18H2,1H3,(H,19,21). The van der Waals surface area contributed by atoms with Gasteiger partial charge in [-0.25, -0.2) is 4.39 Å². The fourth-order valence-electron chi connectivity index (χ4n) is 2.02. The van der Waals surface area contributed by atoms with Crippen LogP contribution in [0.4, 0.5) is 15.8 Å². The molecular formula is C16H17FN2O2.